The molecular formula is C5H4BrOS. The van der Waals surface area contributed by atoms with Gasteiger partial charge in [0.25, 0.3) is 0 Å². The Morgan fingerprint density at radius 1 is 1.88 bits per heavy atom. The number of ether oxygens (including phenoxy) is 1. The number of hydrogen-bond acceptors (Lipinski definition) is 2. The molecule has 0 saturated carbocycles. The molecule has 0 aliphatic carbocycles. The summed E-state index contributed by atoms with van der Waals surface area (Å²) in [6.45, 7) is 0. The Bertz CT molecular complexity index is 173. The second kappa shape index (κ2) is 2.51. The zero-order valence-electron chi connectivity index (χ0n) is 4.27. The van der Waals surface area contributed by atoms with Gasteiger partial charge in [-0.15, -0.1) is 11.3 Å². The first-order chi connectivity index (χ1) is 3.83. The average Bonchev–Trinajstić information content (AvgIpc) is 2.14. The molecule has 0 bridgehead atoms. The Morgan fingerprint density at radius 2 is 2.62 bits per heavy atom. The van der Waals surface area contributed by atoms with Crippen LogP contribution in [0.15, 0.2) is 9.85 Å². The van der Waals surface area contributed by atoms with Crippen molar-refractivity contribution in [1.29, 1.82) is 0 Å². The van der Waals surface area contributed by atoms with Crippen LogP contribution in [-0.4, -0.2) is 7.11 Å². The lowest BCUT2D eigenvalue weighted by Gasteiger charge is -1.86. The van der Waals surface area contributed by atoms with E-state index in [0.717, 1.165) is 9.54 Å². The Balaban J connectivity index is 2.84. The average molecular weight is 192 g/mol. The summed E-state index contributed by atoms with van der Waals surface area (Å²) >= 11 is 4.78. The molecule has 0 atom stereocenters. The lowest BCUT2D eigenvalue weighted by atomic mass is 10.6. The normalized spacial score (nSPS) is 9.25. The Morgan fingerprint density at radius 3 is 2.88 bits per heavy atom. The molecule has 3 heteroatoms. The van der Waals surface area contributed by atoms with Gasteiger partial charge in [0.2, 0.25) is 0 Å². The second-order valence-corrected chi connectivity index (χ2v) is 3.45. The summed E-state index contributed by atoms with van der Waals surface area (Å²) in [4.78, 5) is 0. The number of methoxy groups -OCH3 is 1. The zero-order chi connectivity index (χ0) is 5.98. The molecule has 0 aliphatic rings. The predicted octanol–water partition coefficient (Wildman–Crippen LogP) is 2.32. The van der Waals surface area contributed by atoms with Gasteiger partial charge in [0.05, 0.1) is 16.3 Å². The molecule has 1 rings (SSSR count). The highest BCUT2D eigenvalue weighted by molar-refractivity contribution is 9.11. The second-order valence-electron chi connectivity index (χ2n) is 1.22. The van der Waals surface area contributed by atoms with E-state index in [4.69, 9.17) is 4.74 Å². The minimum atomic E-state index is 0.793. The van der Waals surface area contributed by atoms with E-state index in [1.807, 2.05) is 6.07 Å². The third-order valence-corrected chi connectivity index (χ3v) is 2.04. The standard InChI is InChI=1S/C5H4BrOS/c1-7-4-2-5(6)8-3-4/h2H,1H3. The van der Waals surface area contributed by atoms with E-state index >= 15 is 0 Å². The third-order valence-electron chi connectivity index (χ3n) is 0.714. The maximum absolute atomic E-state index is 4.86. The highest BCUT2D eigenvalue weighted by Gasteiger charge is 1.93. The minimum Gasteiger partial charge on any atom is -0.495 e. The maximum Gasteiger partial charge on any atom is 0.139 e. The van der Waals surface area contributed by atoms with E-state index in [-0.39, 0.29) is 0 Å². The summed E-state index contributed by atoms with van der Waals surface area (Å²) in [5.41, 5.74) is 0. The van der Waals surface area contributed by atoms with Crippen LogP contribution >= 0.6 is 27.3 Å². The van der Waals surface area contributed by atoms with Crippen LogP contribution in [0.1, 0.15) is 0 Å². The summed E-state index contributed by atoms with van der Waals surface area (Å²) in [5.74, 6) is 0.793. The molecule has 0 unspecified atom stereocenters. The van der Waals surface area contributed by atoms with Gasteiger partial charge in [-0.2, -0.15) is 0 Å². The van der Waals surface area contributed by atoms with Gasteiger partial charge in [-0.25, -0.2) is 0 Å². The van der Waals surface area contributed by atoms with Crippen molar-refractivity contribution < 1.29 is 4.74 Å². The summed E-state index contributed by atoms with van der Waals surface area (Å²) in [5, 5.41) is 2.93. The molecule has 0 aromatic carbocycles. The van der Waals surface area contributed by atoms with Gasteiger partial charge >= 0.3 is 0 Å². The summed E-state index contributed by atoms with van der Waals surface area (Å²) in [7, 11) is 1.63. The highest BCUT2D eigenvalue weighted by atomic mass is 79.9. The van der Waals surface area contributed by atoms with Crippen LogP contribution < -0.4 is 4.74 Å². The third kappa shape index (κ3) is 1.23. The molecule has 1 aromatic rings. The molecule has 0 N–H and O–H groups in total. The largest absolute Gasteiger partial charge is 0.495 e. The van der Waals surface area contributed by atoms with E-state index in [9.17, 15) is 0 Å². The SMILES string of the molecule is COc1[c]sc(Br)c1. The van der Waals surface area contributed by atoms with E-state index in [1.54, 1.807) is 7.11 Å². The van der Waals surface area contributed by atoms with Crippen LogP contribution in [0.4, 0.5) is 0 Å². The maximum atomic E-state index is 4.86. The first-order valence-electron chi connectivity index (χ1n) is 2.04. The fourth-order valence-electron chi connectivity index (χ4n) is 0.362. The molecule has 0 fully saturated rings. The molecule has 0 spiro atoms. The van der Waals surface area contributed by atoms with Crippen LogP contribution in [0.3, 0.4) is 0 Å². The number of thiophene rings is 1. The molecule has 1 radical (unpaired) electrons. The fraction of sp³-hybridized carbons (Fsp3) is 0.200. The van der Waals surface area contributed by atoms with Crippen molar-refractivity contribution in [2.45, 2.75) is 0 Å². The van der Waals surface area contributed by atoms with E-state index in [1.165, 1.54) is 11.3 Å². The van der Waals surface area contributed by atoms with Crippen molar-refractivity contribution in [3.8, 4) is 5.75 Å². The van der Waals surface area contributed by atoms with Crippen molar-refractivity contribution in [2.24, 2.45) is 0 Å². The van der Waals surface area contributed by atoms with Crippen LogP contribution in [0, 0.1) is 5.38 Å². The molecule has 1 aromatic heterocycles. The first kappa shape index (κ1) is 6.11. The predicted molar refractivity (Wildman–Crippen MR) is 37.4 cm³/mol. The van der Waals surface area contributed by atoms with Crippen LogP contribution in [0.5, 0.6) is 5.75 Å². The molecule has 0 aliphatic heterocycles. The van der Waals surface area contributed by atoms with Gasteiger partial charge in [0.1, 0.15) is 5.75 Å². The van der Waals surface area contributed by atoms with Gasteiger partial charge < -0.3 is 4.74 Å². The monoisotopic (exact) mass is 191 g/mol. The molecule has 8 heavy (non-hydrogen) atoms. The summed E-state index contributed by atoms with van der Waals surface area (Å²) in [6.07, 6.45) is 0. The van der Waals surface area contributed by atoms with Gasteiger partial charge in [0, 0.05) is 6.07 Å². The van der Waals surface area contributed by atoms with Crippen LogP contribution in [0.2, 0.25) is 0 Å². The zero-order valence-corrected chi connectivity index (χ0v) is 6.67. The molecule has 0 amide bonds. The fourth-order valence-corrected chi connectivity index (χ4v) is 1.32. The van der Waals surface area contributed by atoms with Gasteiger partial charge in [0.15, 0.2) is 0 Å². The first-order valence-corrected chi connectivity index (χ1v) is 3.65. The number of halogens is 1. The van der Waals surface area contributed by atoms with Crippen molar-refractivity contribution in [1.82, 2.24) is 0 Å². The lowest BCUT2D eigenvalue weighted by molar-refractivity contribution is 0.416. The van der Waals surface area contributed by atoms with Gasteiger partial charge in [-0.1, -0.05) is 0 Å². The smallest absolute Gasteiger partial charge is 0.139 e. The van der Waals surface area contributed by atoms with Crippen LogP contribution in [-0.2, 0) is 0 Å². The summed E-state index contributed by atoms with van der Waals surface area (Å²) < 4.78 is 5.91. The Kier molecular flexibility index (Phi) is 1.91. The lowest BCUT2D eigenvalue weighted by Crippen LogP contribution is -1.75. The Labute approximate surface area is 60.4 Å². The summed E-state index contributed by atoms with van der Waals surface area (Å²) in [6, 6.07) is 1.88. The van der Waals surface area contributed by atoms with Crippen molar-refractivity contribution >= 4 is 27.3 Å². The topological polar surface area (TPSA) is 9.23 Å². The van der Waals surface area contributed by atoms with Crippen LogP contribution in [0.25, 0.3) is 0 Å². The molecular weight excluding hydrogens is 188 g/mol. The van der Waals surface area contributed by atoms with Crippen molar-refractivity contribution in [3.63, 3.8) is 0 Å². The minimum absolute atomic E-state index is 0.793. The Hall–Kier alpha value is -0.0200. The van der Waals surface area contributed by atoms with Gasteiger partial charge in [-0.3, -0.25) is 0 Å². The molecule has 1 heterocycles. The van der Waals surface area contributed by atoms with E-state index in [0.29, 0.717) is 0 Å². The highest BCUT2D eigenvalue weighted by Crippen LogP contribution is 2.24. The number of rotatable bonds is 1. The van der Waals surface area contributed by atoms with Crippen molar-refractivity contribution in [3.05, 3.63) is 15.2 Å². The number of hydrogen-bond donors (Lipinski definition) is 0. The van der Waals surface area contributed by atoms with E-state index in [2.05, 4.69) is 21.3 Å². The quantitative estimate of drug-likeness (QED) is 0.663. The van der Waals surface area contributed by atoms with Gasteiger partial charge in [-0.05, 0) is 15.9 Å². The van der Waals surface area contributed by atoms with Crippen molar-refractivity contribution in [2.75, 3.05) is 7.11 Å². The molecule has 0 saturated heterocycles. The van der Waals surface area contributed by atoms with E-state index < -0.39 is 0 Å². The molecule has 1 nitrogen and oxygen atoms in total. The molecule has 43 valence electrons.